The lowest BCUT2D eigenvalue weighted by Crippen LogP contribution is -2.42. The number of rotatable bonds is 1. The van der Waals surface area contributed by atoms with Crippen molar-refractivity contribution >= 4 is 21.8 Å². The number of β-amino-alcohol motifs (C(OH)–C–C–N with tert-alkyl or cyclic N) is 1. The molecule has 0 saturated carbocycles. The predicted molar refractivity (Wildman–Crippen MR) is 63.1 cm³/mol. The van der Waals surface area contributed by atoms with E-state index < -0.39 is 6.10 Å². The Bertz CT molecular complexity index is 397. The lowest BCUT2D eigenvalue weighted by molar-refractivity contribution is 0.0473. The van der Waals surface area contributed by atoms with E-state index in [0.29, 0.717) is 18.7 Å². The first-order chi connectivity index (χ1) is 7.66. The van der Waals surface area contributed by atoms with E-state index in [0.717, 1.165) is 17.3 Å². The van der Waals surface area contributed by atoms with Crippen LogP contribution in [0.15, 0.2) is 22.9 Å². The van der Waals surface area contributed by atoms with E-state index in [1.54, 1.807) is 23.4 Å². The molecule has 1 amide bonds. The number of aliphatic hydroxyl groups is 1. The lowest BCUT2D eigenvalue weighted by Gasteiger charge is -2.30. The van der Waals surface area contributed by atoms with Gasteiger partial charge in [-0.2, -0.15) is 0 Å². The van der Waals surface area contributed by atoms with E-state index in [9.17, 15) is 9.90 Å². The topological polar surface area (TPSA) is 53.4 Å². The van der Waals surface area contributed by atoms with E-state index in [1.807, 2.05) is 0 Å². The van der Waals surface area contributed by atoms with Gasteiger partial charge in [-0.05, 0) is 34.8 Å². The van der Waals surface area contributed by atoms with Gasteiger partial charge in [-0.3, -0.25) is 9.78 Å². The zero-order valence-electron chi connectivity index (χ0n) is 8.77. The van der Waals surface area contributed by atoms with Crippen molar-refractivity contribution in [3.05, 3.63) is 28.5 Å². The van der Waals surface area contributed by atoms with Gasteiger partial charge >= 0.3 is 0 Å². The number of hydrogen-bond acceptors (Lipinski definition) is 3. The van der Waals surface area contributed by atoms with Crippen LogP contribution in [0.2, 0.25) is 0 Å². The van der Waals surface area contributed by atoms with Gasteiger partial charge in [-0.25, -0.2) is 0 Å². The average Bonchev–Trinajstić information content (AvgIpc) is 2.28. The Kier molecular flexibility index (Phi) is 3.56. The summed E-state index contributed by atoms with van der Waals surface area (Å²) in [5, 5.41) is 9.51. The number of nitrogens with zero attached hydrogens (tertiary/aromatic N) is 2. The van der Waals surface area contributed by atoms with Gasteiger partial charge < -0.3 is 10.0 Å². The molecule has 0 spiro atoms. The second kappa shape index (κ2) is 4.93. The summed E-state index contributed by atoms with van der Waals surface area (Å²) in [6, 6.07) is 1.75. The fourth-order valence-electron chi connectivity index (χ4n) is 1.85. The zero-order chi connectivity index (χ0) is 11.5. The van der Waals surface area contributed by atoms with Crippen molar-refractivity contribution in [3.8, 4) is 0 Å². The first kappa shape index (κ1) is 11.5. The lowest BCUT2D eigenvalue weighted by atomic mass is 10.1. The number of hydrogen-bond donors (Lipinski definition) is 1. The number of aliphatic hydroxyl groups excluding tert-OH is 1. The molecule has 0 aromatic carbocycles. The summed E-state index contributed by atoms with van der Waals surface area (Å²) < 4.78 is 0.788. The maximum absolute atomic E-state index is 12.1. The normalized spacial score (nSPS) is 20.9. The van der Waals surface area contributed by atoms with Crippen LogP contribution in [-0.4, -0.2) is 40.1 Å². The van der Waals surface area contributed by atoms with Crippen LogP contribution in [-0.2, 0) is 0 Å². The molecule has 1 aromatic heterocycles. The molecule has 0 bridgehead atoms. The molecule has 16 heavy (non-hydrogen) atoms. The molecule has 86 valence electrons. The largest absolute Gasteiger partial charge is 0.391 e. The highest BCUT2D eigenvalue weighted by Crippen LogP contribution is 2.15. The second-order valence-corrected chi connectivity index (χ2v) is 4.85. The van der Waals surface area contributed by atoms with Gasteiger partial charge in [0.05, 0.1) is 11.7 Å². The smallest absolute Gasteiger partial charge is 0.255 e. The molecule has 1 aromatic rings. The van der Waals surface area contributed by atoms with Crippen molar-refractivity contribution in [2.45, 2.75) is 18.9 Å². The third-order valence-electron chi connectivity index (χ3n) is 2.64. The molecule has 0 aliphatic carbocycles. The van der Waals surface area contributed by atoms with E-state index >= 15 is 0 Å². The second-order valence-electron chi connectivity index (χ2n) is 3.94. The van der Waals surface area contributed by atoms with Crippen molar-refractivity contribution in [3.63, 3.8) is 0 Å². The molecule has 1 aliphatic rings. The number of piperidine rings is 1. The fraction of sp³-hybridized carbons (Fsp3) is 0.455. The average molecular weight is 285 g/mol. The van der Waals surface area contributed by atoms with Gasteiger partial charge in [0, 0.05) is 30.0 Å². The van der Waals surface area contributed by atoms with Crippen molar-refractivity contribution in [1.82, 2.24) is 9.88 Å². The van der Waals surface area contributed by atoms with Crippen LogP contribution >= 0.6 is 15.9 Å². The molecule has 1 atom stereocenters. The summed E-state index contributed by atoms with van der Waals surface area (Å²) in [6.07, 6.45) is 4.43. The molecule has 1 N–H and O–H groups in total. The number of likely N-dealkylation sites (tertiary alicyclic amines) is 1. The van der Waals surface area contributed by atoms with Gasteiger partial charge in [-0.1, -0.05) is 0 Å². The monoisotopic (exact) mass is 284 g/mol. The summed E-state index contributed by atoms with van der Waals surface area (Å²) in [7, 11) is 0. The zero-order valence-corrected chi connectivity index (χ0v) is 10.4. The molecular formula is C11H13BrN2O2. The first-order valence-corrected chi connectivity index (χ1v) is 6.04. The van der Waals surface area contributed by atoms with E-state index in [-0.39, 0.29) is 5.91 Å². The summed E-state index contributed by atoms with van der Waals surface area (Å²) in [4.78, 5) is 17.7. The summed E-state index contributed by atoms with van der Waals surface area (Å²) in [5.41, 5.74) is 0.559. The molecule has 1 aliphatic heterocycles. The number of carbonyl (C=O) groups is 1. The molecule has 0 radical (unpaired) electrons. The quantitative estimate of drug-likeness (QED) is 0.849. The molecule has 2 rings (SSSR count). The van der Waals surface area contributed by atoms with E-state index in [4.69, 9.17) is 0 Å². The first-order valence-electron chi connectivity index (χ1n) is 5.24. The van der Waals surface area contributed by atoms with Gasteiger partial charge in [-0.15, -0.1) is 0 Å². The van der Waals surface area contributed by atoms with Crippen LogP contribution in [0.5, 0.6) is 0 Å². The highest BCUT2D eigenvalue weighted by molar-refractivity contribution is 9.10. The Morgan fingerprint density at radius 3 is 3.06 bits per heavy atom. The molecule has 5 heteroatoms. The van der Waals surface area contributed by atoms with Gasteiger partial charge in [0.15, 0.2) is 0 Å². The summed E-state index contributed by atoms with van der Waals surface area (Å²) in [6.45, 7) is 1.13. The third kappa shape index (κ3) is 2.59. The maximum atomic E-state index is 12.1. The number of amides is 1. The van der Waals surface area contributed by atoms with Crippen molar-refractivity contribution < 1.29 is 9.90 Å². The van der Waals surface area contributed by atoms with Crippen LogP contribution in [0.1, 0.15) is 23.2 Å². The van der Waals surface area contributed by atoms with Crippen LogP contribution in [0, 0.1) is 0 Å². The molecule has 4 nitrogen and oxygen atoms in total. The minimum Gasteiger partial charge on any atom is -0.391 e. The minimum absolute atomic E-state index is 0.0625. The van der Waals surface area contributed by atoms with Gasteiger partial charge in [0.2, 0.25) is 0 Å². The number of aromatic nitrogens is 1. The molecule has 1 saturated heterocycles. The Balaban J connectivity index is 2.12. The summed E-state index contributed by atoms with van der Waals surface area (Å²) >= 11 is 3.28. The highest BCUT2D eigenvalue weighted by Gasteiger charge is 2.23. The Hall–Kier alpha value is -0.940. The van der Waals surface area contributed by atoms with Gasteiger partial charge in [0.25, 0.3) is 5.91 Å². The fourth-order valence-corrected chi connectivity index (χ4v) is 2.22. The van der Waals surface area contributed by atoms with Crippen LogP contribution < -0.4 is 0 Å². The van der Waals surface area contributed by atoms with Crippen molar-refractivity contribution in [2.24, 2.45) is 0 Å². The summed E-state index contributed by atoms with van der Waals surface area (Å²) in [5.74, 6) is -0.0625. The number of pyridine rings is 1. The highest BCUT2D eigenvalue weighted by atomic mass is 79.9. The minimum atomic E-state index is -0.391. The molecule has 1 unspecified atom stereocenters. The number of halogens is 1. The molecule has 1 fully saturated rings. The third-order valence-corrected chi connectivity index (χ3v) is 3.07. The van der Waals surface area contributed by atoms with Crippen LogP contribution in [0.4, 0.5) is 0 Å². The van der Waals surface area contributed by atoms with E-state index in [1.165, 1.54) is 0 Å². The molecular weight excluding hydrogens is 272 g/mol. The Morgan fingerprint density at radius 1 is 1.56 bits per heavy atom. The Morgan fingerprint density at radius 2 is 2.38 bits per heavy atom. The predicted octanol–water partition coefficient (Wildman–Crippen LogP) is 1.44. The molecule has 2 heterocycles. The standard InChI is InChI=1S/C11H13BrN2O2/c12-9-4-8(5-13-6-9)11(16)14-3-1-2-10(15)7-14/h4-6,10,15H,1-3,7H2. The van der Waals surface area contributed by atoms with Crippen molar-refractivity contribution in [2.75, 3.05) is 13.1 Å². The van der Waals surface area contributed by atoms with Crippen LogP contribution in [0.3, 0.4) is 0 Å². The van der Waals surface area contributed by atoms with Crippen molar-refractivity contribution in [1.29, 1.82) is 0 Å². The van der Waals surface area contributed by atoms with Crippen LogP contribution in [0.25, 0.3) is 0 Å². The SMILES string of the molecule is O=C(c1cncc(Br)c1)N1CCCC(O)C1. The maximum Gasteiger partial charge on any atom is 0.255 e. The van der Waals surface area contributed by atoms with E-state index in [2.05, 4.69) is 20.9 Å². The Labute approximate surface area is 102 Å². The van der Waals surface area contributed by atoms with Gasteiger partial charge in [0.1, 0.15) is 0 Å². The number of carbonyl (C=O) groups excluding carboxylic acids is 1.